The Hall–Kier alpha value is -3.07. The van der Waals surface area contributed by atoms with E-state index < -0.39 is 0 Å². The van der Waals surface area contributed by atoms with Gasteiger partial charge in [0, 0.05) is 0 Å². The zero-order valence-corrected chi connectivity index (χ0v) is 15.1. The molecule has 0 atom stereocenters. The van der Waals surface area contributed by atoms with Gasteiger partial charge in [-0.3, -0.25) is 9.13 Å². The molecule has 26 heavy (non-hydrogen) atoms. The molecule has 0 N–H and O–H groups in total. The van der Waals surface area contributed by atoms with E-state index >= 15 is 0 Å². The lowest BCUT2D eigenvalue weighted by Gasteiger charge is -2.07. The highest BCUT2D eigenvalue weighted by molar-refractivity contribution is 5.76. The van der Waals surface area contributed by atoms with Crippen LogP contribution in [-0.4, -0.2) is 9.13 Å². The van der Waals surface area contributed by atoms with Crippen LogP contribution in [0.4, 0.5) is 0 Å². The van der Waals surface area contributed by atoms with Crippen molar-refractivity contribution in [3.63, 3.8) is 0 Å². The fourth-order valence-corrected chi connectivity index (χ4v) is 3.49. The van der Waals surface area contributed by atoms with E-state index in [1.54, 1.807) is 0 Å². The number of rotatable bonds is 4. The molecule has 0 spiro atoms. The molecule has 0 unspecified atom stereocenters. The third kappa shape index (κ3) is 2.86. The lowest BCUT2D eigenvalue weighted by Crippen LogP contribution is -2.25. The van der Waals surface area contributed by atoms with Crippen LogP contribution in [0.3, 0.4) is 0 Å². The Kier molecular flexibility index (Phi) is 4.21. The first-order chi connectivity index (χ1) is 12.6. The minimum atomic E-state index is 0.0395. The second kappa shape index (κ2) is 6.68. The summed E-state index contributed by atoms with van der Waals surface area (Å²) in [4.78, 5) is 13.2. The Labute approximate surface area is 153 Å². The molecule has 3 aromatic carbocycles. The van der Waals surface area contributed by atoms with E-state index in [-0.39, 0.29) is 5.69 Å². The minimum Gasteiger partial charge on any atom is -0.287 e. The van der Waals surface area contributed by atoms with Crippen molar-refractivity contribution in [2.24, 2.45) is 0 Å². The van der Waals surface area contributed by atoms with Crippen LogP contribution in [0.1, 0.15) is 22.3 Å². The van der Waals surface area contributed by atoms with E-state index in [0.29, 0.717) is 13.1 Å². The number of benzene rings is 3. The first-order valence-corrected chi connectivity index (χ1v) is 8.92. The fourth-order valence-electron chi connectivity index (χ4n) is 3.49. The molecule has 3 heteroatoms. The van der Waals surface area contributed by atoms with E-state index in [0.717, 1.165) is 11.0 Å². The van der Waals surface area contributed by atoms with Crippen LogP contribution in [0.2, 0.25) is 0 Å². The van der Waals surface area contributed by atoms with Crippen molar-refractivity contribution in [2.45, 2.75) is 26.9 Å². The summed E-state index contributed by atoms with van der Waals surface area (Å²) in [6.45, 7) is 5.36. The number of aryl methyl sites for hydroxylation is 2. The Morgan fingerprint density at radius 3 is 1.42 bits per heavy atom. The quantitative estimate of drug-likeness (QED) is 0.536. The summed E-state index contributed by atoms with van der Waals surface area (Å²) < 4.78 is 3.77. The predicted octanol–water partition coefficient (Wildman–Crippen LogP) is 4.52. The van der Waals surface area contributed by atoms with Gasteiger partial charge in [0.15, 0.2) is 0 Å². The predicted molar refractivity (Wildman–Crippen MR) is 107 cm³/mol. The average molecular weight is 342 g/mol. The van der Waals surface area contributed by atoms with Gasteiger partial charge in [0.25, 0.3) is 0 Å². The van der Waals surface area contributed by atoms with Crippen LogP contribution >= 0.6 is 0 Å². The molecule has 0 aliphatic carbocycles. The van der Waals surface area contributed by atoms with Crippen molar-refractivity contribution in [1.82, 2.24) is 9.13 Å². The zero-order valence-electron chi connectivity index (χ0n) is 15.1. The number of aromatic nitrogens is 2. The van der Waals surface area contributed by atoms with Crippen LogP contribution in [-0.2, 0) is 13.1 Å². The largest absolute Gasteiger partial charge is 0.329 e. The van der Waals surface area contributed by atoms with Crippen LogP contribution in [0.25, 0.3) is 11.0 Å². The summed E-state index contributed by atoms with van der Waals surface area (Å²) in [7, 11) is 0. The van der Waals surface area contributed by atoms with E-state index in [1.807, 2.05) is 57.7 Å². The average Bonchev–Trinajstić information content (AvgIpc) is 2.91. The summed E-state index contributed by atoms with van der Waals surface area (Å²) in [5.41, 5.74) is 6.76. The van der Waals surface area contributed by atoms with Crippen molar-refractivity contribution in [1.29, 1.82) is 0 Å². The van der Waals surface area contributed by atoms with E-state index in [9.17, 15) is 4.79 Å². The molecular formula is C23H22N2O. The second-order valence-electron chi connectivity index (χ2n) is 6.80. The summed E-state index contributed by atoms with van der Waals surface area (Å²) in [6.07, 6.45) is 0. The standard InChI is InChI=1S/C23H22N2O/c1-17-9-3-5-11-19(17)15-24-21-13-7-8-14-22(21)25(23(24)26)16-20-12-6-4-10-18(20)2/h3-14H,15-16H2,1-2H3. The molecule has 0 fully saturated rings. The maximum atomic E-state index is 13.2. The maximum Gasteiger partial charge on any atom is 0.329 e. The number of imidazole rings is 1. The maximum absolute atomic E-state index is 13.2. The van der Waals surface area contributed by atoms with Crippen LogP contribution < -0.4 is 5.69 Å². The first kappa shape index (κ1) is 16.4. The van der Waals surface area contributed by atoms with Gasteiger partial charge in [0.05, 0.1) is 24.1 Å². The van der Waals surface area contributed by atoms with Crippen LogP contribution in [0, 0.1) is 13.8 Å². The van der Waals surface area contributed by atoms with E-state index in [4.69, 9.17) is 0 Å². The molecule has 0 saturated carbocycles. The first-order valence-electron chi connectivity index (χ1n) is 8.92. The number of fused-ring (bicyclic) bond motifs is 1. The lowest BCUT2D eigenvalue weighted by molar-refractivity contribution is 0.697. The molecule has 130 valence electrons. The van der Waals surface area contributed by atoms with Crippen molar-refractivity contribution in [3.8, 4) is 0 Å². The summed E-state index contributed by atoms with van der Waals surface area (Å²) >= 11 is 0. The van der Waals surface area contributed by atoms with Gasteiger partial charge < -0.3 is 0 Å². The normalized spacial score (nSPS) is 11.2. The highest BCUT2D eigenvalue weighted by atomic mass is 16.1. The van der Waals surface area contributed by atoms with Gasteiger partial charge >= 0.3 is 5.69 Å². The molecular weight excluding hydrogens is 320 g/mol. The van der Waals surface area contributed by atoms with Crippen molar-refractivity contribution in [3.05, 3.63) is 106 Å². The highest BCUT2D eigenvalue weighted by Crippen LogP contribution is 2.18. The molecule has 3 nitrogen and oxygen atoms in total. The molecule has 0 bridgehead atoms. The fraction of sp³-hybridized carbons (Fsp3) is 0.174. The third-order valence-electron chi connectivity index (χ3n) is 5.10. The third-order valence-corrected chi connectivity index (χ3v) is 5.10. The summed E-state index contributed by atoms with van der Waals surface area (Å²) in [6, 6.07) is 24.5. The SMILES string of the molecule is Cc1ccccc1Cn1c(=O)n(Cc2ccccc2C)c2ccccc21. The Morgan fingerprint density at radius 2 is 1.00 bits per heavy atom. The van der Waals surface area contributed by atoms with Crippen LogP contribution in [0.15, 0.2) is 77.6 Å². The molecule has 0 amide bonds. The molecule has 0 saturated heterocycles. The second-order valence-corrected chi connectivity index (χ2v) is 6.80. The van der Waals surface area contributed by atoms with Crippen molar-refractivity contribution >= 4 is 11.0 Å². The smallest absolute Gasteiger partial charge is 0.287 e. The molecule has 4 rings (SSSR count). The molecule has 1 aromatic heterocycles. The topological polar surface area (TPSA) is 26.9 Å². The summed E-state index contributed by atoms with van der Waals surface area (Å²) in [5, 5.41) is 0. The van der Waals surface area contributed by atoms with Gasteiger partial charge in [0.2, 0.25) is 0 Å². The number of hydrogen-bond donors (Lipinski definition) is 0. The Morgan fingerprint density at radius 1 is 0.615 bits per heavy atom. The monoisotopic (exact) mass is 342 g/mol. The zero-order chi connectivity index (χ0) is 18.1. The Balaban J connectivity index is 1.85. The lowest BCUT2D eigenvalue weighted by atomic mass is 10.1. The Bertz CT molecular complexity index is 1050. The van der Waals surface area contributed by atoms with Crippen molar-refractivity contribution < 1.29 is 0 Å². The van der Waals surface area contributed by atoms with Crippen LogP contribution in [0.5, 0.6) is 0 Å². The van der Waals surface area contributed by atoms with Gasteiger partial charge in [-0.1, -0.05) is 60.7 Å². The molecule has 0 aliphatic heterocycles. The molecule has 0 radical (unpaired) electrons. The number of para-hydroxylation sites is 2. The highest BCUT2D eigenvalue weighted by Gasteiger charge is 2.14. The number of nitrogens with zero attached hydrogens (tertiary/aromatic N) is 2. The molecule has 4 aromatic rings. The van der Waals surface area contributed by atoms with E-state index in [2.05, 4.69) is 38.1 Å². The molecule has 0 aliphatic rings. The minimum absolute atomic E-state index is 0.0395. The molecule has 1 heterocycles. The van der Waals surface area contributed by atoms with Crippen molar-refractivity contribution in [2.75, 3.05) is 0 Å². The van der Waals surface area contributed by atoms with Gasteiger partial charge in [0.1, 0.15) is 0 Å². The number of hydrogen-bond acceptors (Lipinski definition) is 1. The van der Waals surface area contributed by atoms with E-state index in [1.165, 1.54) is 22.3 Å². The van der Waals surface area contributed by atoms with Gasteiger partial charge in [-0.25, -0.2) is 4.79 Å². The van der Waals surface area contributed by atoms with Gasteiger partial charge in [-0.05, 0) is 48.2 Å². The van der Waals surface area contributed by atoms with Gasteiger partial charge in [-0.15, -0.1) is 0 Å². The van der Waals surface area contributed by atoms with Gasteiger partial charge in [-0.2, -0.15) is 0 Å². The summed E-state index contributed by atoms with van der Waals surface area (Å²) in [5.74, 6) is 0.